The quantitative estimate of drug-likeness (QED) is 0.333. The van der Waals surface area contributed by atoms with Gasteiger partial charge in [-0.2, -0.15) is 18.3 Å². The Kier molecular flexibility index (Phi) is 5.39. The molecule has 37 heavy (non-hydrogen) atoms. The van der Waals surface area contributed by atoms with Gasteiger partial charge in [0.05, 0.1) is 30.9 Å². The summed E-state index contributed by atoms with van der Waals surface area (Å²) in [5.74, 6) is 1.91. The molecule has 6 rings (SSSR count). The number of fused-ring (bicyclic) bond motifs is 1. The number of rotatable bonds is 6. The molecular formula is C25H21F3N8O. The fraction of sp³-hybridized carbons (Fsp3) is 0.280. The SMILES string of the molecule is COc1ncnc(C2CC2)c1-c1ncc2cnc(Cc3ccc(-n4nc(C(F)(F)F)cc4C)cc3)n2n1. The first-order valence-corrected chi connectivity index (χ1v) is 11.6. The van der Waals surface area contributed by atoms with Crippen LogP contribution in [-0.2, 0) is 12.6 Å². The van der Waals surface area contributed by atoms with E-state index in [1.165, 1.54) is 11.0 Å². The smallest absolute Gasteiger partial charge is 0.435 e. The molecule has 1 aromatic carbocycles. The van der Waals surface area contributed by atoms with Crippen molar-refractivity contribution < 1.29 is 17.9 Å². The van der Waals surface area contributed by atoms with Crippen LogP contribution < -0.4 is 4.74 Å². The van der Waals surface area contributed by atoms with Crippen LogP contribution in [0.4, 0.5) is 13.2 Å². The predicted octanol–water partition coefficient (Wildman–Crippen LogP) is 4.57. The lowest BCUT2D eigenvalue weighted by molar-refractivity contribution is -0.141. The maximum atomic E-state index is 13.0. The van der Waals surface area contributed by atoms with E-state index in [0.717, 1.165) is 35.7 Å². The van der Waals surface area contributed by atoms with Gasteiger partial charge >= 0.3 is 6.18 Å². The summed E-state index contributed by atoms with van der Waals surface area (Å²) in [7, 11) is 1.56. The molecule has 1 aliphatic rings. The maximum Gasteiger partial charge on any atom is 0.435 e. The fourth-order valence-electron chi connectivity index (χ4n) is 4.31. The van der Waals surface area contributed by atoms with E-state index in [-0.39, 0.29) is 0 Å². The molecule has 0 N–H and O–H groups in total. The molecule has 5 aromatic rings. The normalized spacial score (nSPS) is 13.9. The standard InChI is InChI=1S/C25H21F3N8O/c1-14-9-19(25(26,27)28)33-35(14)17-7-3-15(4-8-17)10-20-29-11-18-12-30-23(34-36(18)20)21-22(16-5-6-16)31-13-32-24(21)37-2/h3-4,7-9,11-13,16H,5-6,10H2,1-2H3. The third kappa shape index (κ3) is 4.28. The van der Waals surface area contributed by atoms with Crippen molar-refractivity contribution in [2.45, 2.75) is 38.3 Å². The molecule has 188 valence electrons. The van der Waals surface area contributed by atoms with Crippen LogP contribution in [0.15, 0.2) is 49.1 Å². The summed E-state index contributed by atoms with van der Waals surface area (Å²) in [5, 5.41) is 8.46. The van der Waals surface area contributed by atoms with Crippen LogP contribution in [0.2, 0.25) is 0 Å². The van der Waals surface area contributed by atoms with Crippen LogP contribution in [0.5, 0.6) is 5.88 Å². The van der Waals surface area contributed by atoms with Crippen LogP contribution in [0, 0.1) is 6.92 Å². The van der Waals surface area contributed by atoms with Crippen molar-refractivity contribution in [3.63, 3.8) is 0 Å². The van der Waals surface area contributed by atoms with Crippen molar-refractivity contribution in [1.82, 2.24) is 39.3 Å². The average molecular weight is 506 g/mol. The highest BCUT2D eigenvalue weighted by Crippen LogP contribution is 2.44. The molecule has 0 spiro atoms. The molecule has 1 fully saturated rings. The van der Waals surface area contributed by atoms with Gasteiger partial charge in [-0.3, -0.25) is 0 Å². The van der Waals surface area contributed by atoms with Crippen molar-refractivity contribution in [2.24, 2.45) is 0 Å². The molecule has 1 aliphatic carbocycles. The zero-order chi connectivity index (χ0) is 25.7. The van der Waals surface area contributed by atoms with Gasteiger partial charge in [0.2, 0.25) is 5.88 Å². The summed E-state index contributed by atoms with van der Waals surface area (Å²) in [4.78, 5) is 17.8. The van der Waals surface area contributed by atoms with Gasteiger partial charge < -0.3 is 4.74 Å². The molecule has 0 bridgehead atoms. The largest absolute Gasteiger partial charge is 0.480 e. The Morgan fingerprint density at radius 2 is 1.76 bits per heavy atom. The Labute approximate surface area is 209 Å². The van der Waals surface area contributed by atoms with E-state index in [9.17, 15) is 13.2 Å². The Morgan fingerprint density at radius 1 is 1.00 bits per heavy atom. The van der Waals surface area contributed by atoms with Crippen molar-refractivity contribution in [2.75, 3.05) is 7.11 Å². The highest BCUT2D eigenvalue weighted by atomic mass is 19.4. The average Bonchev–Trinajstić information content (AvgIpc) is 3.55. The molecule has 0 saturated heterocycles. The highest BCUT2D eigenvalue weighted by molar-refractivity contribution is 5.66. The second kappa shape index (κ2) is 8.64. The number of methoxy groups -OCH3 is 1. The number of benzene rings is 1. The van der Waals surface area contributed by atoms with Crippen LogP contribution in [0.1, 0.15) is 47.2 Å². The second-order valence-electron chi connectivity index (χ2n) is 8.93. The van der Waals surface area contributed by atoms with Crippen molar-refractivity contribution in [1.29, 1.82) is 0 Å². The maximum absolute atomic E-state index is 13.0. The molecule has 0 radical (unpaired) electrons. The zero-order valence-electron chi connectivity index (χ0n) is 19.9. The molecule has 1 saturated carbocycles. The zero-order valence-corrected chi connectivity index (χ0v) is 19.9. The molecule has 12 heteroatoms. The lowest BCUT2D eigenvalue weighted by Gasteiger charge is -2.11. The first-order valence-electron chi connectivity index (χ1n) is 11.6. The first kappa shape index (κ1) is 23.1. The summed E-state index contributed by atoms with van der Waals surface area (Å²) < 4.78 is 47.6. The second-order valence-corrected chi connectivity index (χ2v) is 8.93. The number of imidazole rings is 1. The molecule has 4 aromatic heterocycles. The van der Waals surface area contributed by atoms with Gasteiger partial charge in [0.25, 0.3) is 0 Å². The summed E-state index contributed by atoms with van der Waals surface area (Å²) in [6.45, 7) is 1.59. The van der Waals surface area contributed by atoms with Gasteiger partial charge in [0, 0.05) is 18.0 Å². The van der Waals surface area contributed by atoms with Crippen molar-refractivity contribution in [3.8, 4) is 23.0 Å². The van der Waals surface area contributed by atoms with E-state index in [0.29, 0.717) is 46.8 Å². The molecule has 0 atom stereocenters. The minimum atomic E-state index is -4.49. The number of ether oxygens (including phenoxy) is 1. The van der Waals surface area contributed by atoms with E-state index in [2.05, 4.69) is 25.0 Å². The van der Waals surface area contributed by atoms with Crippen LogP contribution in [0.3, 0.4) is 0 Å². The van der Waals surface area contributed by atoms with Crippen LogP contribution in [-0.4, -0.2) is 46.4 Å². The Hall–Kier alpha value is -4.35. The summed E-state index contributed by atoms with van der Waals surface area (Å²) in [5.41, 5.74) is 3.23. The van der Waals surface area contributed by atoms with Gasteiger partial charge in [-0.15, -0.1) is 5.10 Å². The minimum absolute atomic E-state index is 0.345. The van der Waals surface area contributed by atoms with Gasteiger partial charge in [-0.05, 0) is 43.5 Å². The number of hydrogen-bond acceptors (Lipinski definition) is 7. The number of alkyl halides is 3. The number of nitrogens with zero attached hydrogens (tertiary/aromatic N) is 8. The first-order chi connectivity index (χ1) is 17.8. The van der Waals surface area contributed by atoms with E-state index in [4.69, 9.17) is 9.84 Å². The van der Waals surface area contributed by atoms with Gasteiger partial charge in [0.1, 0.15) is 23.2 Å². The molecular weight excluding hydrogens is 485 g/mol. The summed E-state index contributed by atoms with van der Waals surface area (Å²) in [6, 6.07) is 8.18. The molecule has 4 heterocycles. The molecule has 0 aliphatic heterocycles. The lowest BCUT2D eigenvalue weighted by Crippen LogP contribution is -2.07. The van der Waals surface area contributed by atoms with E-state index in [1.54, 1.807) is 43.1 Å². The Bertz CT molecular complexity index is 1600. The van der Waals surface area contributed by atoms with Crippen molar-refractivity contribution in [3.05, 3.63) is 77.5 Å². The van der Waals surface area contributed by atoms with E-state index in [1.807, 2.05) is 12.1 Å². The molecule has 9 nitrogen and oxygen atoms in total. The molecule has 0 unspecified atom stereocenters. The van der Waals surface area contributed by atoms with Gasteiger partial charge in [0.15, 0.2) is 11.5 Å². The number of halogens is 3. The number of aromatic nitrogens is 8. The van der Waals surface area contributed by atoms with Gasteiger partial charge in [-0.1, -0.05) is 12.1 Å². The number of aryl methyl sites for hydroxylation is 1. The number of hydrogen-bond donors (Lipinski definition) is 0. The van der Waals surface area contributed by atoms with Gasteiger partial charge in [-0.25, -0.2) is 29.1 Å². The van der Waals surface area contributed by atoms with E-state index < -0.39 is 11.9 Å². The Balaban J connectivity index is 1.31. The lowest BCUT2D eigenvalue weighted by atomic mass is 10.1. The van der Waals surface area contributed by atoms with Crippen LogP contribution >= 0.6 is 0 Å². The predicted molar refractivity (Wildman–Crippen MR) is 126 cm³/mol. The minimum Gasteiger partial charge on any atom is -0.480 e. The molecule has 0 amide bonds. The summed E-state index contributed by atoms with van der Waals surface area (Å²) >= 11 is 0. The third-order valence-electron chi connectivity index (χ3n) is 6.29. The summed E-state index contributed by atoms with van der Waals surface area (Å²) in [6.07, 6.45) is 2.95. The monoisotopic (exact) mass is 506 g/mol. The van der Waals surface area contributed by atoms with Crippen LogP contribution in [0.25, 0.3) is 22.6 Å². The third-order valence-corrected chi connectivity index (χ3v) is 6.29. The Morgan fingerprint density at radius 3 is 2.43 bits per heavy atom. The highest BCUT2D eigenvalue weighted by Gasteiger charge is 2.34. The van der Waals surface area contributed by atoms with Crippen molar-refractivity contribution >= 4 is 5.52 Å². The van der Waals surface area contributed by atoms with E-state index >= 15 is 0 Å². The topological polar surface area (TPSA) is 95.9 Å². The fourth-order valence-corrected chi connectivity index (χ4v) is 4.31.